The number of aromatic amines is 1. The quantitative estimate of drug-likeness (QED) is 0.505. The summed E-state index contributed by atoms with van der Waals surface area (Å²) < 4.78 is 0. The second-order valence-electron chi connectivity index (χ2n) is 7.66. The monoisotopic (exact) mass is 473 g/mol. The van der Waals surface area contributed by atoms with Crippen molar-refractivity contribution >= 4 is 48.1 Å². The summed E-state index contributed by atoms with van der Waals surface area (Å²) in [5.41, 5.74) is 2.46. The summed E-state index contributed by atoms with van der Waals surface area (Å²) in [5.74, 6) is 2.66. The van der Waals surface area contributed by atoms with Gasteiger partial charge in [-0.1, -0.05) is 19.4 Å². The van der Waals surface area contributed by atoms with Gasteiger partial charge in [-0.3, -0.25) is 0 Å². The molecule has 3 heterocycles. The van der Waals surface area contributed by atoms with Crippen molar-refractivity contribution < 1.29 is 0 Å². The Bertz CT molecular complexity index is 1030. The number of anilines is 4. The van der Waals surface area contributed by atoms with Crippen LogP contribution in [0.25, 0.3) is 0 Å². The number of halogens is 2. The first kappa shape index (κ1) is 25.3. The topological polar surface area (TPSA) is 83.9 Å². The fourth-order valence-corrected chi connectivity index (χ4v) is 3.88. The van der Waals surface area contributed by atoms with Crippen LogP contribution < -0.4 is 15.1 Å². The second-order valence-corrected chi connectivity index (χ2v) is 7.66. The van der Waals surface area contributed by atoms with Gasteiger partial charge in [0.05, 0.1) is 11.6 Å². The van der Waals surface area contributed by atoms with Gasteiger partial charge in [0.25, 0.3) is 0 Å². The summed E-state index contributed by atoms with van der Waals surface area (Å²) in [6.45, 7) is 4.03. The molecule has 1 aromatic carbocycles. The summed E-state index contributed by atoms with van der Waals surface area (Å²) >= 11 is 0. The Morgan fingerprint density at radius 2 is 2.06 bits per heavy atom. The minimum absolute atomic E-state index is 0. The molecule has 4 rings (SSSR count). The van der Waals surface area contributed by atoms with E-state index in [9.17, 15) is 0 Å². The molecule has 1 aliphatic heterocycles. The second kappa shape index (κ2) is 11.6. The molecule has 0 aliphatic carbocycles. The van der Waals surface area contributed by atoms with Crippen LogP contribution in [0.5, 0.6) is 0 Å². The van der Waals surface area contributed by atoms with Crippen LogP contribution in [0.2, 0.25) is 0 Å². The number of rotatable bonds is 7. The number of nitrogens with one attached hydrogen (secondary N) is 2. The predicted octanol–water partition coefficient (Wildman–Crippen LogP) is 4.93. The molecule has 7 nitrogen and oxygen atoms in total. The fraction of sp³-hybridized carbons (Fsp3) is 0.348. The van der Waals surface area contributed by atoms with Crippen molar-refractivity contribution in [3.63, 3.8) is 0 Å². The zero-order valence-corrected chi connectivity index (χ0v) is 19.9. The first-order valence-corrected chi connectivity index (χ1v) is 10.4. The Kier molecular flexibility index (Phi) is 9.18. The molecule has 1 saturated heterocycles. The van der Waals surface area contributed by atoms with E-state index in [0.717, 1.165) is 55.4 Å². The summed E-state index contributed by atoms with van der Waals surface area (Å²) in [7, 11) is 2.14. The van der Waals surface area contributed by atoms with E-state index in [4.69, 9.17) is 15.2 Å². The van der Waals surface area contributed by atoms with Crippen molar-refractivity contribution in [2.75, 3.05) is 35.3 Å². The van der Waals surface area contributed by atoms with Gasteiger partial charge in [0.15, 0.2) is 0 Å². The first-order chi connectivity index (χ1) is 14.7. The largest absolute Gasteiger partial charge is 0.356 e. The number of hydrogen-bond donors (Lipinski definition) is 2. The molecule has 1 aliphatic rings. The summed E-state index contributed by atoms with van der Waals surface area (Å²) in [6.07, 6.45) is 4.97. The smallest absolute Gasteiger partial charge is 0.229 e. The van der Waals surface area contributed by atoms with Gasteiger partial charge in [0.2, 0.25) is 5.95 Å². The maximum absolute atomic E-state index is 9.15. The molecule has 1 atom stereocenters. The molecule has 0 unspecified atom stereocenters. The van der Waals surface area contributed by atoms with E-state index in [1.54, 1.807) is 6.07 Å². The van der Waals surface area contributed by atoms with Crippen LogP contribution >= 0.6 is 24.8 Å². The highest BCUT2D eigenvalue weighted by Crippen LogP contribution is 2.26. The normalized spacial score (nSPS) is 14.8. The minimum Gasteiger partial charge on any atom is -0.356 e. The molecule has 32 heavy (non-hydrogen) atoms. The molecule has 2 N–H and O–H groups in total. The lowest BCUT2D eigenvalue weighted by molar-refractivity contribution is 0.685. The Morgan fingerprint density at radius 1 is 1.22 bits per heavy atom. The Balaban J connectivity index is 0.00000181. The van der Waals surface area contributed by atoms with Crippen LogP contribution in [0.4, 0.5) is 23.3 Å². The fourth-order valence-electron chi connectivity index (χ4n) is 3.88. The van der Waals surface area contributed by atoms with Crippen molar-refractivity contribution in [3.05, 3.63) is 59.9 Å². The number of hydrogen-bond acceptors (Lipinski definition) is 6. The van der Waals surface area contributed by atoms with Gasteiger partial charge < -0.3 is 20.1 Å². The van der Waals surface area contributed by atoms with Gasteiger partial charge >= 0.3 is 0 Å². The average Bonchev–Trinajstić information content (AvgIpc) is 3.46. The van der Waals surface area contributed by atoms with Gasteiger partial charge in [-0.2, -0.15) is 10.2 Å². The molecular formula is C23H29Cl2N7. The van der Waals surface area contributed by atoms with Crippen LogP contribution in [0.15, 0.2) is 48.7 Å². The molecule has 0 bridgehead atoms. The van der Waals surface area contributed by atoms with E-state index in [-0.39, 0.29) is 24.8 Å². The standard InChI is InChI=1S/C23H27N7.2ClH/c1-3-6-18-14-22(28-23(26-18)27-19-8-4-7-17(13-19)15-24)30-12-10-20(16-30)29(2)21-9-5-11-25-21;;/h4-5,7-9,11,13-14,20,25H,3,6,10,12,16H2,1-2H3,(H,26,27,28);2*1H/t20-;;/m0../s1. The highest BCUT2D eigenvalue weighted by Gasteiger charge is 2.27. The number of likely N-dealkylation sites (N-methyl/N-ethyl adjacent to an activating group) is 1. The van der Waals surface area contributed by atoms with Crippen molar-refractivity contribution in [2.24, 2.45) is 0 Å². The van der Waals surface area contributed by atoms with Gasteiger partial charge in [0, 0.05) is 49.8 Å². The first-order valence-electron chi connectivity index (χ1n) is 10.4. The van der Waals surface area contributed by atoms with Crippen LogP contribution in [0, 0.1) is 11.3 Å². The lowest BCUT2D eigenvalue weighted by Gasteiger charge is -2.26. The third kappa shape index (κ3) is 5.84. The molecule has 0 spiro atoms. The lowest BCUT2D eigenvalue weighted by Crippen LogP contribution is -2.35. The summed E-state index contributed by atoms with van der Waals surface area (Å²) in [6, 6.07) is 16.2. The highest BCUT2D eigenvalue weighted by atomic mass is 35.5. The number of H-pyrrole nitrogens is 1. The number of benzene rings is 1. The maximum atomic E-state index is 9.15. The Hall–Kier alpha value is -2.95. The Labute approximate surface area is 201 Å². The van der Waals surface area contributed by atoms with Gasteiger partial charge in [-0.15, -0.1) is 24.8 Å². The zero-order valence-electron chi connectivity index (χ0n) is 18.3. The summed E-state index contributed by atoms with van der Waals surface area (Å²) in [4.78, 5) is 17.4. The molecule has 9 heteroatoms. The number of nitriles is 1. The Morgan fingerprint density at radius 3 is 2.78 bits per heavy atom. The maximum Gasteiger partial charge on any atom is 0.229 e. The van der Waals surface area contributed by atoms with E-state index in [1.165, 1.54) is 0 Å². The third-order valence-electron chi connectivity index (χ3n) is 5.52. The van der Waals surface area contributed by atoms with Crippen LogP contribution in [0.3, 0.4) is 0 Å². The highest BCUT2D eigenvalue weighted by molar-refractivity contribution is 5.85. The third-order valence-corrected chi connectivity index (χ3v) is 5.52. The van der Waals surface area contributed by atoms with Crippen molar-refractivity contribution in [2.45, 2.75) is 32.2 Å². The lowest BCUT2D eigenvalue weighted by atomic mass is 10.2. The van der Waals surface area contributed by atoms with Crippen molar-refractivity contribution in [1.29, 1.82) is 5.26 Å². The molecule has 170 valence electrons. The molecule has 2 aromatic heterocycles. The van der Waals surface area contributed by atoms with Crippen molar-refractivity contribution in [3.8, 4) is 6.07 Å². The SMILES string of the molecule is CCCc1cc(N2CC[C@H](N(C)c3ccc[nH]3)C2)nc(Nc2cccc(C#N)c2)n1.Cl.Cl. The number of aryl methyl sites for hydroxylation is 1. The molecule has 0 radical (unpaired) electrons. The van der Waals surface area contributed by atoms with E-state index in [1.807, 2.05) is 30.5 Å². The summed E-state index contributed by atoms with van der Waals surface area (Å²) in [5, 5.41) is 12.4. The molecule has 0 amide bonds. The zero-order chi connectivity index (χ0) is 20.9. The molecule has 1 fully saturated rings. The van der Waals surface area contributed by atoms with Crippen LogP contribution in [-0.4, -0.2) is 41.1 Å². The van der Waals surface area contributed by atoms with E-state index >= 15 is 0 Å². The number of aromatic nitrogens is 3. The molecular weight excluding hydrogens is 445 g/mol. The van der Waals surface area contributed by atoms with Gasteiger partial charge in [-0.05, 0) is 43.2 Å². The van der Waals surface area contributed by atoms with Crippen molar-refractivity contribution in [1.82, 2.24) is 15.0 Å². The molecule has 0 saturated carbocycles. The van der Waals surface area contributed by atoms with E-state index in [2.05, 4.69) is 52.3 Å². The molecule has 3 aromatic rings. The van der Waals surface area contributed by atoms with E-state index < -0.39 is 0 Å². The van der Waals surface area contributed by atoms with Crippen LogP contribution in [0.1, 0.15) is 31.0 Å². The van der Waals surface area contributed by atoms with Gasteiger partial charge in [0.1, 0.15) is 11.6 Å². The predicted molar refractivity (Wildman–Crippen MR) is 135 cm³/mol. The minimum atomic E-state index is 0. The van der Waals surface area contributed by atoms with Crippen LogP contribution in [-0.2, 0) is 6.42 Å². The van der Waals surface area contributed by atoms with Gasteiger partial charge in [-0.25, -0.2) is 4.98 Å². The average molecular weight is 474 g/mol. The number of nitrogens with zero attached hydrogens (tertiary/aromatic N) is 5. The van der Waals surface area contributed by atoms with E-state index in [0.29, 0.717) is 17.6 Å².